The third kappa shape index (κ3) is 6.92. The number of ether oxygens (including phenoxy) is 2. The summed E-state index contributed by atoms with van der Waals surface area (Å²) >= 11 is 0. The first-order valence-electron chi connectivity index (χ1n) is 6.92. The number of amides is 2. The second-order valence-electron chi connectivity index (χ2n) is 4.89. The molecule has 0 spiro atoms. The normalized spacial score (nSPS) is 11.8. The summed E-state index contributed by atoms with van der Waals surface area (Å²) in [5.41, 5.74) is 2.71. The van der Waals surface area contributed by atoms with Gasteiger partial charge in [-0.15, -0.1) is 0 Å². The van der Waals surface area contributed by atoms with Gasteiger partial charge in [-0.05, 0) is 31.5 Å². The molecule has 0 heterocycles. The molecular weight excluding hydrogens is 268 g/mol. The number of rotatable bonds is 8. The van der Waals surface area contributed by atoms with Crippen LogP contribution in [0.1, 0.15) is 25.5 Å². The lowest BCUT2D eigenvalue weighted by molar-refractivity contribution is 0.119. The zero-order chi connectivity index (χ0) is 15.7. The van der Waals surface area contributed by atoms with Crippen molar-refractivity contribution in [1.29, 1.82) is 0 Å². The fraction of sp³-hybridized carbons (Fsp3) is 0.438. The molecule has 21 heavy (non-hydrogen) atoms. The summed E-state index contributed by atoms with van der Waals surface area (Å²) in [6.45, 7) is 9.02. The Hall–Kier alpha value is -1.85. The highest BCUT2D eigenvalue weighted by Crippen LogP contribution is 2.19. The highest BCUT2D eigenvalue weighted by Gasteiger charge is 2.06. The molecule has 0 aliphatic heterocycles. The van der Waals surface area contributed by atoms with Crippen LogP contribution in [-0.4, -0.2) is 32.9 Å². The van der Waals surface area contributed by atoms with Crippen molar-refractivity contribution in [3.63, 3.8) is 0 Å². The molecule has 0 bridgehead atoms. The number of anilines is 1. The monoisotopic (exact) mass is 292 g/mol. The van der Waals surface area contributed by atoms with E-state index in [-0.39, 0.29) is 12.1 Å². The molecule has 0 saturated heterocycles. The number of nitrogens with one attached hydrogen (secondary N) is 2. The Kier molecular flexibility index (Phi) is 7.50. The maximum Gasteiger partial charge on any atom is 0.319 e. The topological polar surface area (TPSA) is 59.6 Å². The molecule has 0 aromatic heterocycles. The maximum absolute atomic E-state index is 11.7. The quantitative estimate of drug-likeness (QED) is 0.572. The van der Waals surface area contributed by atoms with Gasteiger partial charge in [0, 0.05) is 19.3 Å². The number of carbonyl (C=O) groups excluding carboxylic acids is 1. The number of hydrogen-bond acceptors (Lipinski definition) is 3. The van der Waals surface area contributed by atoms with Gasteiger partial charge in [-0.25, -0.2) is 4.79 Å². The van der Waals surface area contributed by atoms with Crippen LogP contribution >= 0.6 is 0 Å². The highest BCUT2D eigenvalue weighted by molar-refractivity contribution is 5.89. The van der Waals surface area contributed by atoms with E-state index in [1.54, 1.807) is 7.11 Å². The SMILES string of the molecule is C=C(C)COCCNC(=O)Nc1cccc(C(C)OC)c1. The predicted octanol–water partition coefficient (Wildman–Crippen LogP) is 3.11. The van der Waals surface area contributed by atoms with Gasteiger partial charge >= 0.3 is 6.03 Å². The number of urea groups is 1. The van der Waals surface area contributed by atoms with E-state index in [2.05, 4.69) is 17.2 Å². The molecule has 0 saturated carbocycles. The molecule has 1 atom stereocenters. The van der Waals surface area contributed by atoms with Crippen LogP contribution in [-0.2, 0) is 9.47 Å². The molecule has 2 N–H and O–H groups in total. The Morgan fingerprint density at radius 2 is 2.19 bits per heavy atom. The van der Waals surface area contributed by atoms with Crippen LogP contribution in [0.2, 0.25) is 0 Å². The molecule has 5 nitrogen and oxygen atoms in total. The molecule has 0 aliphatic carbocycles. The van der Waals surface area contributed by atoms with E-state index in [4.69, 9.17) is 9.47 Å². The summed E-state index contributed by atoms with van der Waals surface area (Å²) in [6, 6.07) is 7.32. The van der Waals surface area contributed by atoms with Gasteiger partial charge < -0.3 is 20.1 Å². The minimum absolute atomic E-state index is 0.00893. The Balaban J connectivity index is 2.35. The van der Waals surface area contributed by atoms with Crippen LogP contribution in [0.25, 0.3) is 0 Å². The third-order valence-electron chi connectivity index (χ3n) is 2.85. The molecule has 1 aromatic carbocycles. The van der Waals surface area contributed by atoms with Gasteiger partial charge in [-0.1, -0.05) is 24.3 Å². The van der Waals surface area contributed by atoms with Crippen molar-refractivity contribution < 1.29 is 14.3 Å². The standard InChI is InChI=1S/C16H24N2O3/c1-12(2)11-21-9-8-17-16(19)18-15-7-5-6-14(10-15)13(3)20-4/h5-7,10,13H,1,8-9,11H2,2-4H3,(H2,17,18,19). The molecule has 1 aromatic rings. The van der Waals surface area contributed by atoms with Gasteiger partial charge in [0.15, 0.2) is 0 Å². The lowest BCUT2D eigenvalue weighted by atomic mass is 10.1. The zero-order valence-corrected chi connectivity index (χ0v) is 12.9. The van der Waals surface area contributed by atoms with Crippen molar-refractivity contribution >= 4 is 11.7 Å². The lowest BCUT2D eigenvalue weighted by Gasteiger charge is -2.12. The summed E-state index contributed by atoms with van der Waals surface area (Å²) in [4.78, 5) is 11.7. The Bertz CT molecular complexity index is 474. The van der Waals surface area contributed by atoms with Crippen molar-refractivity contribution in [2.75, 3.05) is 32.2 Å². The molecule has 0 radical (unpaired) electrons. The van der Waals surface area contributed by atoms with E-state index >= 15 is 0 Å². The van der Waals surface area contributed by atoms with Crippen LogP contribution in [0, 0.1) is 0 Å². The largest absolute Gasteiger partial charge is 0.377 e. The molecule has 0 aliphatic rings. The van der Waals surface area contributed by atoms with Crippen LogP contribution < -0.4 is 10.6 Å². The van der Waals surface area contributed by atoms with E-state index in [1.807, 2.05) is 38.1 Å². The zero-order valence-electron chi connectivity index (χ0n) is 12.9. The summed E-state index contributed by atoms with van der Waals surface area (Å²) in [7, 11) is 1.66. The van der Waals surface area contributed by atoms with Crippen LogP contribution in [0.15, 0.2) is 36.4 Å². The molecule has 0 fully saturated rings. The predicted molar refractivity (Wildman–Crippen MR) is 84.5 cm³/mol. The van der Waals surface area contributed by atoms with Gasteiger partial charge in [-0.3, -0.25) is 0 Å². The molecule has 116 valence electrons. The first kappa shape index (κ1) is 17.2. The Morgan fingerprint density at radius 3 is 2.86 bits per heavy atom. The summed E-state index contributed by atoms with van der Waals surface area (Å²) in [5, 5.41) is 5.51. The van der Waals surface area contributed by atoms with Crippen LogP contribution in [0.5, 0.6) is 0 Å². The minimum Gasteiger partial charge on any atom is -0.377 e. The van der Waals surface area contributed by atoms with E-state index in [9.17, 15) is 4.79 Å². The number of methoxy groups -OCH3 is 1. The molecule has 2 amide bonds. The fourth-order valence-corrected chi connectivity index (χ4v) is 1.66. The van der Waals surface area contributed by atoms with Crippen molar-refractivity contribution in [2.45, 2.75) is 20.0 Å². The van der Waals surface area contributed by atoms with Gasteiger partial charge in [0.05, 0.1) is 19.3 Å². The van der Waals surface area contributed by atoms with Crippen LogP contribution in [0.3, 0.4) is 0 Å². The van der Waals surface area contributed by atoms with Gasteiger partial charge in [0.2, 0.25) is 0 Å². The molecule has 5 heteroatoms. The van der Waals surface area contributed by atoms with E-state index in [0.717, 1.165) is 16.8 Å². The van der Waals surface area contributed by atoms with E-state index in [1.165, 1.54) is 0 Å². The average Bonchev–Trinajstić information content (AvgIpc) is 2.46. The summed E-state index contributed by atoms with van der Waals surface area (Å²) in [6.07, 6.45) is -0.00893. The fourth-order valence-electron chi connectivity index (χ4n) is 1.66. The van der Waals surface area contributed by atoms with Crippen LogP contribution in [0.4, 0.5) is 10.5 Å². The third-order valence-corrected chi connectivity index (χ3v) is 2.85. The number of benzene rings is 1. The second-order valence-corrected chi connectivity index (χ2v) is 4.89. The Morgan fingerprint density at radius 1 is 1.43 bits per heavy atom. The number of hydrogen-bond donors (Lipinski definition) is 2. The molecule has 1 unspecified atom stereocenters. The smallest absolute Gasteiger partial charge is 0.319 e. The highest BCUT2D eigenvalue weighted by atomic mass is 16.5. The minimum atomic E-state index is -0.254. The van der Waals surface area contributed by atoms with Gasteiger partial charge in [0.25, 0.3) is 0 Å². The Labute approximate surface area is 126 Å². The maximum atomic E-state index is 11.7. The lowest BCUT2D eigenvalue weighted by Crippen LogP contribution is -2.31. The average molecular weight is 292 g/mol. The van der Waals surface area contributed by atoms with Crippen molar-refractivity contribution in [1.82, 2.24) is 5.32 Å². The van der Waals surface area contributed by atoms with Crippen molar-refractivity contribution in [3.8, 4) is 0 Å². The summed E-state index contributed by atoms with van der Waals surface area (Å²) < 4.78 is 10.6. The first-order valence-corrected chi connectivity index (χ1v) is 6.92. The van der Waals surface area contributed by atoms with E-state index in [0.29, 0.717) is 19.8 Å². The van der Waals surface area contributed by atoms with E-state index < -0.39 is 0 Å². The second kappa shape index (κ2) is 9.15. The van der Waals surface area contributed by atoms with Crippen molar-refractivity contribution in [2.24, 2.45) is 0 Å². The summed E-state index contributed by atoms with van der Waals surface area (Å²) in [5.74, 6) is 0. The van der Waals surface area contributed by atoms with Gasteiger partial charge in [-0.2, -0.15) is 0 Å². The van der Waals surface area contributed by atoms with Gasteiger partial charge in [0.1, 0.15) is 0 Å². The number of carbonyl (C=O) groups is 1. The molecule has 1 rings (SSSR count). The van der Waals surface area contributed by atoms with Crippen molar-refractivity contribution in [3.05, 3.63) is 42.0 Å². The first-order chi connectivity index (χ1) is 10.0. The molecular formula is C16H24N2O3.